The zero-order chi connectivity index (χ0) is 16.0. The van der Waals surface area contributed by atoms with E-state index < -0.39 is 0 Å². The maximum atomic E-state index is 12.2. The van der Waals surface area contributed by atoms with E-state index in [1.807, 2.05) is 20.1 Å². The normalized spacial score (nSPS) is 10.6. The molecule has 0 spiro atoms. The van der Waals surface area contributed by atoms with Crippen LogP contribution in [0.2, 0.25) is 0 Å². The van der Waals surface area contributed by atoms with Gasteiger partial charge in [0.05, 0.1) is 5.39 Å². The summed E-state index contributed by atoms with van der Waals surface area (Å²) in [6, 6.07) is 1.60. The molecule has 0 saturated heterocycles. The van der Waals surface area contributed by atoms with Gasteiger partial charge in [-0.25, -0.2) is 9.97 Å². The lowest BCUT2D eigenvalue weighted by Gasteiger charge is -2.19. The average molecular weight is 308 g/mol. The van der Waals surface area contributed by atoms with Crippen LogP contribution in [0.1, 0.15) is 46.6 Å². The first-order valence-corrected chi connectivity index (χ1v) is 8.56. The lowest BCUT2D eigenvalue weighted by molar-refractivity contribution is 0.469. The molecule has 2 aromatic rings. The highest BCUT2D eigenvalue weighted by Gasteiger charge is 2.15. The number of hydrogen-bond donors (Lipinski definition) is 1. The maximum Gasteiger partial charge on any atom is 0.254 e. The molecule has 0 aliphatic heterocycles. The van der Waals surface area contributed by atoms with Crippen LogP contribution in [0.5, 0.6) is 0 Å². The summed E-state index contributed by atoms with van der Waals surface area (Å²) in [4.78, 5) is 20.9. The van der Waals surface area contributed by atoms with Crippen molar-refractivity contribution in [3.63, 3.8) is 0 Å². The summed E-state index contributed by atoms with van der Waals surface area (Å²) < 4.78 is 1.74. The van der Waals surface area contributed by atoms with Crippen LogP contribution in [0, 0.1) is 0 Å². The Balaban J connectivity index is 0.00000106. The molecule has 116 valence electrons. The molecule has 0 aliphatic carbocycles. The van der Waals surface area contributed by atoms with Crippen molar-refractivity contribution < 1.29 is 0 Å². The predicted molar refractivity (Wildman–Crippen MR) is 91.0 cm³/mol. The lowest BCUT2D eigenvalue weighted by atomic mass is 10.1. The molecule has 2 N–H and O–H groups in total. The van der Waals surface area contributed by atoms with Crippen molar-refractivity contribution in [3.8, 4) is 0 Å². The zero-order valence-corrected chi connectivity index (χ0v) is 14.2. The minimum absolute atomic E-state index is 0.0931. The van der Waals surface area contributed by atoms with Crippen molar-refractivity contribution in [3.05, 3.63) is 22.6 Å². The number of thioether (sulfide) groups is 1. The lowest BCUT2D eigenvalue weighted by Crippen LogP contribution is -2.25. The number of rotatable bonds is 4. The number of aromatic nitrogens is 3. The molecule has 6 heteroatoms. The van der Waals surface area contributed by atoms with Crippen LogP contribution in [0.4, 0.5) is 5.69 Å². The minimum atomic E-state index is -0.0931. The van der Waals surface area contributed by atoms with Crippen molar-refractivity contribution >= 4 is 28.5 Å². The van der Waals surface area contributed by atoms with Crippen molar-refractivity contribution in [2.45, 2.75) is 51.7 Å². The molecule has 0 unspecified atom stereocenters. The summed E-state index contributed by atoms with van der Waals surface area (Å²) >= 11 is 1.45. The van der Waals surface area contributed by atoms with Crippen LogP contribution in [-0.4, -0.2) is 20.8 Å². The van der Waals surface area contributed by atoms with E-state index in [0.717, 1.165) is 18.2 Å². The molecule has 0 saturated carbocycles. The third kappa shape index (κ3) is 3.56. The molecule has 0 amide bonds. The summed E-state index contributed by atoms with van der Waals surface area (Å²) in [6.45, 7) is 8.14. The van der Waals surface area contributed by atoms with Gasteiger partial charge in [0, 0.05) is 24.0 Å². The fourth-order valence-corrected chi connectivity index (χ4v) is 2.57. The van der Waals surface area contributed by atoms with E-state index in [0.29, 0.717) is 16.5 Å². The minimum Gasteiger partial charge on any atom is -0.398 e. The first kappa shape index (κ1) is 17.5. The highest BCUT2D eigenvalue weighted by atomic mass is 32.2. The van der Waals surface area contributed by atoms with Crippen molar-refractivity contribution in [2.75, 3.05) is 12.0 Å². The van der Waals surface area contributed by atoms with Crippen molar-refractivity contribution in [1.29, 1.82) is 0 Å². The Morgan fingerprint density at radius 1 is 1.33 bits per heavy atom. The van der Waals surface area contributed by atoms with Gasteiger partial charge < -0.3 is 5.73 Å². The standard InChI is InChI=1S/C13H18N4OS.C2H6/c1-4-8(5-2)17-11(18)6-10(14)9-7-15-13(19-3)16-12(9)17;1-2/h6-8H,4-5,14H2,1-3H3;1-2H3. The van der Waals surface area contributed by atoms with Crippen LogP contribution < -0.4 is 11.3 Å². The van der Waals surface area contributed by atoms with Gasteiger partial charge in [-0.05, 0) is 19.1 Å². The molecule has 2 aromatic heterocycles. The average Bonchev–Trinajstić information content (AvgIpc) is 2.52. The Hall–Kier alpha value is -1.56. The molecule has 5 nitrogen and oxygen atoms in total. The highest BCUT2D eigenvalue weighted by Crippen LogP contribution is 2.23. The molecule has 2 heterocycles. The van der Waals surface area contributed by atoms with Gasteiger partial charge in [-0.1, -0.05) is 39.5 Å². The third-order valence-corrected chi connectivity index (χ3v) is 3.85. The summed E-state index contributed by atoms with van der Waals surface area (Å²) in [5.41, 5.74) is 6.88. The summed E-state index contributed by atoms with van der Waals surface area (Å²) in [5.74, 6) is 0. The summed E-state index contributed by atoms with van der Waals surface area (Å²) in [7, 11) is 0. The SMILES string of the molecule is CC.CCC(CC)n1c(=O)cc(N)c2cnc(SC)nc21. The van der Waals surface area contributed by atoms with Crippen LogP contribution in [0.25, 0.3) is 11.0 Å². The highest BCUT2D eigenvalue weighted by molar-refractivity contribution is 7.98. The molecular formula is C15H24N4OS. The molecular weight excluding hydrogens is 284 g/mol. The number of nitrogen functional groups attached to an aromatic ring is 1. The van der Waals surface area contributed by atoms with Gasteiger partial charge in [0.15, 0.2) is 5.16 Å². The van der Waals surface area contributed by atoms with E-state index >= 15 is 0 Å². The van der Waals surface area contributed by atoms with Gasteiger partial charge in [0.25, 0.3) is 5.56 Å². The number of nitrogens with zero attached hydrogens (tertiary/aromatic N) is 3. The molecule has 0 bridgehead atoms. The number of anilines is 1. The first-order valence-electron chi connectivity index (χ1n) is 7.34. The Kier molecular flexibility index (Phi) is 6.68. The van der Waals surface area contributed by atoms with E-state index in [1.165, 1.54) is 17.8 Å². The molecule has 0 fully saturated rings. The van der Waals surface area contributed by atoms with Gasteiger partial charge in [-0.3, -0.25) is 9.36 Å². The quantitative estimate of drug-likeness (QED) is 0.691. The summed E-state index contributed by atoms with van der Waals surface area (Å²) in [5, 5.41) is 1.39. The smallest absolute Gasteiger partial charge is 0.254 e. The monoisotopic (exact) mass is 308 g/mol. The zero-order valence-electron chi connectivity index (χ0n) is 13.4. The van der Waals surface area contributed by atoms with Crippen LogP contribution in [-0.2, 0) is 0 Å². The van der Waals surface area contributed by atoms with Crippen LogP contribution in [0.3, 0.4) is 0 Å². The maximum absolute atomic E-state index is 12.2. The van der Waals surface area contributed by atoms with Gasteiger partial charge in [0.2, 0.25) is 0 Å². The second-order valence-corrected chi connectivity index (χ2v) is 5.15. The molecule has 0 atom stereocenters. The number of hydrogen-bond acceptors (Lipinski definition) is 5. The van der Waals surface area contributed by atoms with Gasteiger partial charge in [-0.15, -0.1) is 0 Å². The third-order valence-electron chi connectivity index (χ3n) is 3.29. The number of pyridine rings is 1. The largest absolute Gasteiger partial charge is 0.398 e. The first-order chi connectivity index (χ1) is 10.1. The predicted octanol–water partition coefficient (Wildman–Crippen LogP) is 3.48. The Labute approximate surface area is 130 Å². The fraction of sp³-hybridized carbons (Fsp3) is 0.533. The number of nitrogens with two attached hydrogens (primary N) is 1. The molecule has 21 heavy (non-hydrogen) atoms. The van der Waals surface area contributed by atoms with Gasteiger partial charge in [-0.2, -0.15) is 0 Å². The molecule has 0 aliphatic rings. The van der Waals surface area contributed by atoms with Crippen molar-refractivity contribution in [2.24, 2.45) is 0 Å². The fourth-order valence-electron chi connectivity index (χ4n) is 2.23. The second kappa shape index (κ2) is 8.02. The topological polar surface area (TPSA) is 73.8 Å². The molecule has 0 aromatic carbocycles. The molecule has 0 radical (unpaired) electrons. The van der Waals surface area contributed by atoms with E-state index in [-0.39, 0.29) is 11.6 Å². The van der Waals surface area contributed by atoms with E-state index in [1.54, 1.807) is 10.8 Å². The number of fused-ring (bicyclic) bond motifs is 1. The van der Waals surface area contributed by atoms with Gasteiger partial charge >= 0.3 is 0 Å². The van der Waals surface area contributed by atoms with E-state index in [4.69, 9.17) is 5.73 Å². The Morgan fingerprint density at radius 3 is 2.48 bits per heavy atom. The Morgan fingerprint density at radius 2 is 1.95 bits per heavy atom. The second-order valence-electron chi connectivity index (χ2n) is 4.37. The van der Waals surface area contributed by atoms with E-state index in [9.17, 15) is 4.79 Å². The Bertz CT molecular complexity index is 650. The van der Waals surface area contributed by atoms with Crippen molar-refractivity contribution in [1.82, 2.24) is 14.5 Å². The van der Waals surface area contributed by atoms with E-state index in [2.05, 4.69) is 23.8 Å². The summed E-state index contributed by atoms with van der Waals surface area (Å²) in [6.07, 6.45) is 5.37. The van der Waals surface area contributed by atoms with Crippen LogP contribution in [0.15, 0.2) is 22.2 Å². The van der Waals surface area contributed by atoms with Crippen LogP contribution >= 0.6 is 11.8 Å². The molecule has 2 rings (SSSR count). The van der Waals surface area contributed by atoms with Gasteiger partial charge in [0.1, 0.15) is 5.65 Å².